The van der Waals surface area contributed by atoms with E-state index in [-0.39, 0.29) is 13.0 Å². The van der Waals surface area contributed by atoms with Crippen molar-refractivity contribution in [3.63, 3.8) is 0 Å². The Morgan fingerprint density at radius 2 is 2.17 bits per heavy atom. The lowest BCUT2D eigenvalue weighted by Gasteiger charge is -2.24. The molecule has 1 aromatic carbocycles. The molecule has 2 atom stereocenters. The molecule has 1 fully saturated rings. The van der Waals surface area contributed by atoms with Gasteiger partial charge >= 0.3 is 11.9 Å². The summed E-state index contributed by atoms with van der Waals surface area (Å²) in [5.74, 6) is -1.44. The van der Waals surface area contributed by atoms with Crippen LogP contribution in [0.25, 0.3) is 0 Å². The molecule has 18 heavy (non-hydrogen) atoms. The standard InChI is InChI=1S/C13H14O5/c1-2-17-12(15)13(16)8-10(14)18-11(13)9-6-4-3-5-7-9/h3-7,11,16H,2,8H2,1H3/t11-,13+/m1/s1. The minimum absolute atomic E-state index is 0.136. The molecule has 1 aliphatic rings. The zero-order valence-electron chi connectivity index (χ0n) is 9.96. The van der Waals surface area contributed by atoms with Crippen LogP contribution >= 0.6 is 0 Å². The van der Waals surface area contributed by atoms with Crippen LogP contribution in [0, 0.1) is 0 Å². The van der Waals surface area contributed by atoms with Gasteiger partial charge in [-0.2, -0.15) is 0 Å². The quantitative estimate of drug-likeness (QED) is 0.809. The number of carbonyl (C=O) groups is 2. The number of hydrogen-bond acceptors (Lipinski definition) is 5. The monoisotopic (exact) mass is 250 g/mol. The first-order valence-corrected chi connectivity index (χ1v) is 5.72. The number of benzene rings is 1. The molecule has 0 aliphatic carbocycles. The van der Waals surface area contributed by atoms with Crippen LogP contribution in [-0.4, -0.2) is 29.3 Å². The second kappa shape index (κ2) is 4.78. The Morgan fingerprint density at radius 1 is 1.50 bits per heavy atom. The van der Waals surface area contributed by atoms with Gasteiger partial charge in [-0.15, -0.1) is 0 Å². The van der Waals surface area contributed by atoms with Gasteiger partial charge in [0.25, 0.3) is 0 Å². The fraction of sp³-hybridized carbons (Fsp3) is 0.385. The Balaban J connectivity index is 2.33. The first-order valence-electron chi connectivity index (χ1n) is 5.72. The van der Waals surface area contributed by atoms with Crippen molar-refractivity contribution >= 4 is 11.9 Å². The molecule has 0 bridgehead atoms. The smallest absolute Gasteiger partial charge is 0.343 e. The van der Waals surface area contributed by atoms with E-state index in [4.69, 9.17) is 9.47 Å². The summed E-state index contributed by atoms with van der Waals surface area (Å²) < 4.78 is 9.85. The molecule has 5 nitrogen and oxygen atoms in total. The first kappa shape index (κ1) is 12.6. The van der Waals surface area contributed by atoms with E-state index in [2.05, 4.69) is 0 Å². The molecule has 5 heteroatoms. The van der Waals surface area contributed by atoms with Crippen molar-refractivity contribution in [3.05, 3.63) is 35.9 Å². The summed E-state index contributed by atoms with van der Waals surface area (Å²) in [6.07, 6.45) is -1.39. The van der Waals surface area contributed by atoms with E-state index in [1.54, 1.807) is 37.3 Å². The van der Waals surface area contributed by atoms with Crippen LogP contribution in [0.3, 0.4) is 0 Å². The molecule has 1 aromatic rings. The van der Waals surface area contributed by atoms with Crippen LogP contribution in [0.1, 0.15) is 25.0 Å². The molecular formula is C13H14O5. The van der Waals surface area contributed by atoms with E-state index in [9.17, 15) is 14.7 Å². The van der Waals surface area contributed by atoms with Gasteiger partial charge in [0, 0.05) is 0 Å². The van der Waals surface area contributed by atoms with Crippen LogP contribution in [0.4, 0.5) is 0 Å². The first-order chi connectivity index (χ1) is 8.58. The molecule has 2 rings (SSSR count). The number of ether oxygens (including phenoxy) is 2. The highest BCUT2D eigenvalue weighted by Gasteiger charge is 2.55. The molecule has 0 spiro atoms. The van der Waals surface area contributed by atoms with Gasteiger partial charge in [-0.25, -0.2) is 4.79 Å². The Labute approximate surface area is 104 Å². The van der Waals surface area contributed by atoms with Crippen molar-refractivity contribution < 1.29 is 24.2 Å². The molecule has 1 N–H and O–H groups in total. The largest absolute Gasteiger partial charge is 0.464 e. The van der Waals surface area contributed by atoms with Gasteiger partial charge in [0.1, 0.15) is 0 Å². The summed E-state index contributed by atoms with van der Waals surface area (Å²) in [6, 6.07) is 8.66. The molecule has 1 saturated heterocycles. The van der Waals surface area contributed by atoms with Crippen LogP contribution < -0.4 is 0 Å². The molecule has 0 radical (unpaired) electrons. The highest BCUT2D eigenvalue weighted by molar-refractivity contribution is 5.89. The Hall–Kier alpha value is -1.88. The lowest BCUT2D eigenvalue weighted by Crippen LogP contribution is -2.42. The maximum absolute atomic E-state index is 11.8. The van der Waals surface area contributed by atoms with Crippen molar-refractivity contribution in [2.45, 2.75) is 25.0 Å². The lowest BCUT2D eigenvalue weighted by molar-refractivity contribution is -0.171. The molecule has 0 amide bonds. The fourth-order valence-electron chi connectivity index (χ4n) is 1.99. The van der Waals surface area contributed by atoms with E-state index in [0.717, 1.165) is 0 Å². The average Bonchev–Trinajstić information content (AvgIpc) is 2.67. The van der Waals surface area contributed by atoms with Gasteiger partial charge in [-0.1, -0.05) is 30.3 Å². The number of cyclic esters (lactones) is 1. The maximum Gasteiger partial charge on any atom is 0.343 e. The molecule has 0 unspecified atom stereocenters. The van der Waals surface area contributed by atoms with Crippen LogP contribution in [0.5, 0.6) is 0 Å². The highest BCUT2D eigenvalue weighted by Crippen LogP contribution is 2.39. The van der Waals surface area contributed by atoms with Gasteiger partial charge in [0.05, 0.1) is 13.0 Å². The predicted molar refractivity (Wildman–Crippen MR) is 61.5 cm³/mol. The summed E-state index contributed by atoms with van der Waals surface area (Å²) in [6.45, 7) is 1.77. The van der Waals surface area contributed by atoms with Gasteiger partial charge < -0.3 is 14.6 Å². The summed E-state index contributed by atoms with van der Waals surface area (Å²) in [5, 5.41) is 10.4. The lowest BCUT2D eigenvalue weighted by atomic mass is 9.90. The summed E-state index contributed by atoms with van der Waals surface area (Å²) in [5.41, 5.74) is -1.37. The van der Waals surface area contributed by atoms with Crippen LogP contribution in [0.2, 0.25) is 0 Å². The number of esters is 2. The number of hydrogen-bond donors (Lipinski definition) is 1. The van der Waals surface area contributed by atoms with E-state index in [1.807, 2.05) is 0 Å². The Morgan fingerprint density at radius 3 is 2.78 bits per heavy atom. The number of aliphatic hydroxyl groups is 1. The summed E-state index contributed by atoms with van der Waals surface area (Å²) in [7, 11) is 0. The molecule has 0 aromatic heterocycles. The SMILES string of the molecule is CCOC(=O)[C@]1(O)CC(=O)O[C@@H]1c1ccccc1. The minimum atomic E-state index is -1.94. The zero-order chi connectivity index (χ0) is 13.2. The third kappa shape index (κ3) is 2.09. The van der Waals surface area contributed by atoms with E-state index in [1.165, 1.54) is 0 Å². The topological polar surface area (TPSA) is 72.8 Å². The Bertz CT molecular complexity index is 456. The van der Waals surface area contributed by atoms with Crippen molar-refractivity contribution in [2.24, 2.45) is 0 Å². The molecular weight excluding hydrogens is 236 g/mol. The molecule has 1 heterocycles. The van der Waals surface area contributed by atoms with Crippen molar-refractivity contribution in [3.8, 4) is 0 Å². The van der Waals surface area contributed by atoms with E-state index >= 15 is 0 Å². The molecule has 0 saturated carbocycles. The van der Waals surface area contributed by atoms with E-state index in [0.29, 0.717) is 5.56 Å². The third-order valence-electron chi connectivity index (χ3n) is 2.83. The van der Waals surface area contributed by atoms with Gasteiger partial charge in [0.15, 0.2) is 6.10 Å². The van der Waals surface area contributed by atoms with Crippen molar-refractivity contribution in [2.75, 3.05) is 6.61 Å². The van der Waals surface area contributed by atoms with Crippen LogP contribution in [-0.2, 0) is 19.1 Å². The van der Waals surface area contributed by atoms with Crippen molar-refractivity contribution in [1.29, 1.82) is 0 Å². The normalized spacial score (nSPS) is 26.8. The van der Waals surface area contributed by atoms with Gasteiger partial charge in [-0.3, -0.25) is 4.79 Å². The summed E-state index contributed by atoms with van der Waals surface area (Å²) in [4.78, 5) is 23.2. The number of rotatable bonds is 3. The second-order valence-electron chi connectivity index (χ2n) is 4.10. The van der Waals surface area contributed by atoms with E-state index < -0.39 is 23.6 Å². The van der Waals surface area contributed by atoms with Gasteiger partial charge in [-0.05, 0) is 12.5 Å². The second-order valence-corrected chi connectivity index (χ2v) is 4.10. The summed E-state index contributed by atoms with van der Waals surface area (Å²) >= 11 is 0. The third-order valence-corrected chi connectivity index (χ3v) is 2.83. The molecule has 96 valence electrons. The Kier molecular flexibility index (Phi) is 3.34. The minimum Gasteiger partial charge on any atom is -0.464 e. The molecule has 1 aliphatic heterocycles. The maximum atomic E-state index is 11.8. The fourth-order valence-corrected chi connectivity index (χ4v) is 1.99. The highest BCUT2D eigenvalue weighted by atomic mass is 16.6. The number of carbonyl (C=O) groups excluding carboxylic acids is 2. The van der Waals surface area contributed by atoms with Crippen LogP contribution in [0.15, 0.2) is 30.3 Å². The predicted octanol–water partition coefficient (Wildman–Crippen LogP) is 0.969. The van der Waals surface area contributed by atoms with Gasteiger partial charge in [0.2, 0.25) is 5.60 Å². The zero-order valence-corrected chi connectivity index (χ0v) is 9.96. The van der Waals surface area contributed by atoms with Crippen molar-refractivity contribution in [1.82, 2.24) is 0 Å². The average molecular weight is 250 g/mol.